The highest BCUT2D eigenvalue weighted by molar-refractivity contribution is 7.22. The van der Waals surface area contributed by atoms with E-state index >= 15 is 0 Å². The summed E-state index contributed by atoms with van der Waals surface area (Å²) in [5.74, 6) is -0.809. The molecule has 0 aliphatic carbocycles. The summed E-state index contributed by atoms with van der Waals surface area (Å²) in [6, 6.07) is 17.4. The number of aliphatic hydroxyl groups is 1. The topological polar surface area (TPSA) is 89.0 Å². The van der Waals surface area contributed by atoms with Crippen molar-refractivity contribution < 1.29 is 24.2 Å². The number of carbonyl (C=O) groups excluding carboxylic acids is 2. The van der Waals surface area contributed by atoms with Gasteiger partial charge in [0.05, 0.1) is 36.1 Å². The molecule has 1 aliphatic rings. The average molecular weight is 515 g/mol. The number of rotatable bonds is 6. The van der Waals surface area contributed by atoms with Crippen molar-refractivity contribution in [1.82, 2.24) is 4.98 Å². The summed E-state index contributed by atoms with van der Waals surface area (Å²) in [7, 11) is 3.05. The van der Waals surface area contributed by atoms with Crippen LogP contribution in [-0.4, -0.2) is 36.0 Å². The minimum absolute atomic E-state index is 0.00502. The zero-order valence-corrected chi connectivity index (χ0v) is 21.8. The lowest BCUT2D eigenvalue weighted by atomic mass is 9.95. The van der Waals surface area contributed by atoms with Crippen molar-refractivity contribution in [3.05, 3.63) is 88.5 Å². The fourth-order valence-electron chi connectivity index (χ4n) is 4.51. The minimum Gasteiger partial charge on any atom is -0.507 e. The summed E-state index contributed by atoms with van der Waals surface area (Å²) in [6.45, 7) is 4.01. The third kappa shape index (κ3) is 4.23. The Morgan fingerprint density at radius 1 is 1.00 bits per heavy atom. The zero-order valence-electron chi connectivity index (χ0n) is 20.9. The number of thiazole rings is 1. The summed E-state index contributed by atoms with van der Waals surface area (Å²) in [5, 5.41) is 11.7. The van der Waals surface area contributed by atoms with Gasteiger partial charge in [-0.05, 0) is 48.7 Å². The molecule has 0 saturated carbocycles. The zero-order chi connectivity index (χ0) is 26.3. The molecule has 5 rings (SSSR count). The maximum atomic E-state index is 13.5. The van der Waals surface area contributed by atoms with Crippen molar-refractivity contribution in [3.63, 3.8) is 0 Å². The summed E-state index contributed by atoms with van der Waals surface area (Å²) in [4.78, 5) is 33.0. The van der Waals surface area contributed by atoms with Gasteiger partial charge >= 0.3 is 5.91 Å². The van der Waals surface area contributed by atoms with Crippen LogP contribution in [0.4, 0.5) is 5.13 Å². The van der Waals surface area contributed by atoms with Crippen LogP contribution < -0.4 is 14.4 Å². The SMILES string of the molecule is CCc1ccc2nc(N3C(=O)C(=O)/C(=C(/O)c4ccc(C)cc4)[C@@H]3c3ccc(OC)c(OC)c3)sc2c1. The van der Waals surface area contributed by atoms with Crippen molar-refractivity contribution in [3.8, 4) is 11.5 Å². The molecule has 0 unspecified atom stereocenters. The van der Waals surface area contributed by atoms with Crippen molar-refractivity contribution >= 4 is 44.1 Å². The summed E-state index contributed by atoms with van der Waals surface area (Å²) >= 11 is 1.34. The molecule has 7 nitrogen and oxygen atoms in total. The smallest absolute Gasteiger partial charge is 0.301 e. The second kappa shape index (κ2) is 9.71. The van der Waals surface area contributed by atoms with Crippen LogP contribution in [0.3, 0.4) is 0 Å². The van der Waals surface area contributed by atoms with Crippen molar-refractivity contribution in [2.75, 3.05) is 19.1 Å². The number of ether oxygens (including phenoxy) is 2. The van der Waals surface area contributed by atoms with Crippen LogP contribution in [0, 0.1) is 6.92 Å². The third-order valence-corrected chi connectivity index (χ3v) is 7.57. The van der Waals surface area contributed by atoms with E-state index in [0.717, 1.165) is 27.8 Å². The quantitative estimate of drug-likeness (QED) is 0.198. The number of aliphatic hydroxyl groups excluding tert-OH is 1. The predicted molar refractivity (Wildman–Crippen MR) is 145 cm³/mol. The minimum atomic E-state index is -0.910. The Kier molecular flexibility index (Phi) is 6.43. The number of aryl methyl sites for hydroxylation is 2. The molecule has 37 heavy (non-hydrogen) atoms. The monoisotopic (exact) mass is 514 g/mol. The first-order valence-electron chi connectivity index (χ1n) is 11.9. The van der Waals surface area contributed by atoms with Crippen LogP contribution >= 0.6 is 11.3 Å². The molecule has 1 N–H and O–H groups in total. The van der Waals surface area contributed by atoms with Crippen LogP contribution in [0.5, 0.6) is 11.5 Å². The summed E-state index contributed by atoms with van der Waals surface area (Å²) < 4.78 is 11.8. The number of carbonyl (C=O) groups is 2. The molecule has 1 amide bonds. The second-order valence-electron chi connectivity index (χ2n) is 8.80. The highest BCUT2D eigenvalue weighted by Crippen LogP contribution is 2.45. The van der Waals surface area contributed by atoms with Crippen molar-refractivity contribution in [2.24, 2.45) is 0 Å². The normalized spacial score (nSPS) is 17.0. The first-order valence-corrected chi connectivity index (χ1v) is 12.7. The van der Waals surface area contributed by atoms with Gasteiger partial charge in [-0.25, -0.2) is 4.98 Å². The standard InChI is InChI=1S/C29H26N2O5S/c1-5-17-8-12-20-23(14-17)37-29(30-20)31-25(19-11-13-21(35-3)22(15-19)36-4)24(27(33)28(31)34)26(32)18-9-6-16(2)7-10-18/h6-15,25,32H,5H2,1-4H3/b26-24+/t25-/m0/s1. The van der Waals surface area contributed by atoms with Crippen LogP contribution in [0.25, 0.3) is 16.0 Å². The molecule has 2 heterocycles. The Bertz CT molecular complexity index is 1550. The van der Waals surface area contributed by atoms with Gasteiger partial charge in [-0.2, -0.15) is 0 Å². The Balaban J connectivity index is 1.73. The molecule has 1 aliphatic heterocycles. The molecule has 1 atom stereocenters. The van der Waals surface area contributed by atoms with E-state index in [-0.39, 0.29) is 11.3 Å². The molecular formula is C29H26N2O5S. The lowest BCUT2D eigenvalue weighted by molar-refractivity contribution is -0.132. The molecule has 1 aromatic heterocycles. The van der Waals surface area contributed by atoms with Gasteiger partial charge in [-0.15, -0.1) is 0 Å². The summed E-state index contributed by atoms with van der Waals surface area (Å²) in [6.07, 6.45) is 0.871. The van der Waals surface area contributed by atoms with E-state index in [0.29, 0.717) is 27.8 Å². The molecule has 4 aromatic rings. The Morgan fingerprint density at radius 2 is 1.73 bits per heavy atom. The number of amides is 1. The number of hydrogen-bond acceptors (Lipinski definition) is 7. The highest BCUT2D eigenvalue weighted by atomic mass is 32.1. The molecule has 188 valence electrons. The number of hydrogen-bond donors (Lipinski definition) is 1. The van der Waals surface area contributed by atoms with Crippen molar-refractivity contribution in [2.45, 2.75) is 26.3 Å². The van der Waals surface area contributed by atoms with Crippen LogP contribution in [0.2, 0.25) is 0 Å². The second-order valence-corrected chi connectivity index (χ2v) is 9.81. The lowest BCUT2D eigenvalue weighted by Gasteiger charge is -2.23. The maximum Gasteiger partial charge on any atom is 0.301 e. The Hall–Kier alpha value is -4.17. The molecule has 8 heteroatoms. The van der Waals surface area contributed by atoms with Gasteiger partial charge in [-0.3, -0.25) is 14.5 Å². The molecular weight excluding hydrogens is 488 g/mol. The number of anilines is 1. The summed E-state index contributed by atoms with van der Waals surface area (Å²) in [5.41, 5.74) is 3.93. The van der Waals surface area contributed by atoms with Gasteiger partial charge in [0, 0.05) is 5.56 Å². The van der Waals surface area contributed by atoms with Crippen molar-refractivity contribution in [1.29, 1.82) is 0 Å². The van der Waals surface area contributed by atoms with Gasteiger partial charge in [0.25, 0.3) is 5.78 Å². The van der Waals surface area contributed by atoms with Crippen LogP contribution in [0.15, 0.2) is 66.2 Å². The molecule has 1 saturated heterocycles. The molecule has 0 bridgehead atoms. The van der Waals surface area contributed by atoms with E-state index in [1.165, 1.54) is 30.5 Å². The van der Waals surface area contributed by atoms with Crippen LogP contribution in [-0.2, 0) is 16.0 Å². The predicted octanol–water partition coefficient (Wildman–Crippen LogP) is 5.81. The molecule has 0 radical (unpaired) electrons. The van der Waals surface area contributed by atoms with E-state index in [4.69, 9.17) is 14.5 Å². The fourth-order valence-corrected chi connectivity index (χ4v) is 5.57. The highest BCUT2D eigenvalue weighted by Gasteiger charge is 2.48. The third-order valence-electron chi connectivity index (χ3n) is 6.55. The number of methoxy groups -OCH3 is 2. The van der Waals surface area contributed by atoms with Gasteiger partial charge in [0.15, 0.2) is 16.6 Å². The number of ketones is 1. The number of fused-ring (bicyclic) bond motifs is 1. The lowest BCUT2D eigenvalue weighted by Crippen LogP contribution is -2.29. The number of benzene rings is 3. The van der Waals surface area contributed by atoms with Gasteiger partial charge < -0.3 is 14.6 Å². The van der Waals surface area contributed by atoms with Gasteiger partial charge in [-0.1, -0.05) is 60.2 Å². The van der Waals surface area contributed by atoms with Gasteiger partial charge in [0.1, 0.15) is 5.76 Å². The average Bonchev–Trinajstić information content (AvgIpc) is 3.45. The number of aromatic nitrogens is 1. The number of nitrogens with zero attached hydrogens (tertiary/aromatic N) is 2. The van der Waals surface area contributed by atoms with Gasteiger partial charge in [0.2, 0.25) is 0 Å². The van der Waals surface area contributed by atoms with E-state index in [2.05, 4.69) is 6.92 Å². The largest absolute Gasteiger partial charge is 0.507 e. The van der Waals surface area contributed by atoms with E-state index in [1.54, 1.807) is 30.3 Å². The first-order chi connectivity index (χ1) is 17.9. The van der Waals surface area contributed by atoms with E-state index < -0.39 is 17.7 Å². The molecule has 0 spiro atoms. The Labute approximate surface area is 218 Å². The van der Waals surface area contributed by atoms with Crippen LogP contribution in [0.1, 0.15) is 35.2 Å². The van der Waals surface area contributed by atoms with E-state index in [9.17, 15) is 14.7 Å². The first kappa shape index (κ1) is 24.5. The fraction of sp³-hybridized carbons (Fsp3) is 0.207. The number of Topliss-reactive ketones (excluding diaryl/α,β-unsaturated/α-hetero) is 1. The molecule has 1 fully saturated rings. The molecule has 3 aromatic carbocycles. The van der Waals surface area contributed by atoms with E-state index in [1.807, 2.05) is 37.3 Å². The maximum absolute atomic E-state index is 13.5. The Morgan fingerprint density at radius 3 is 2.41 bits per heavy atom.